The number of anilines is 1. The Balaban J connectivity index is 1.45. The number of nitrogens with zero attached hydrogens (tertiary/aromatic N) is 4. The monoisotopic (exact) mass is 552 g/mol. The summed E-state index contributed by atoms with van der Waals surface area (Å²) in [6, 6.07) is 5.42. The van der Waals surface area contributed by atoms with Gasteiger partial charge in [0.05, 0.1) is 29.5 Å². The van der Waals surface area contributed by atoms with E-state index in [1.807, 2.05) is 4.90 Å². The molecular formula is C28H39F3N4O2S. The largest absolute Gasteiger partial charge is 0.417 e. The van der Waals surface area contributed by atoms with Crippen LogP contribution in [-0.2, 0) is 15.7 Å². The van der Waals surface area contributed by atoms with Crippen molar-refractivity contribution in [3.8, 4) is 6.07 Å². The lowest BCUT2D eigenvalue weighted by atomic mass is 10.0. The van der Waals surface area contributed by atoms with Crippen LogP contribution >= 0.6 is 12.2 Å². The number of thiocarbonyl (C=S) groups is 1. The first kappa shape index (κ1) is 30.3. The summed E-state index contributed by atoms with van der Waals surface area (Å²) in [6.45, 7) is 7.19. The Bertz CT molecular complexity index is 1020. The quantitative estimate of drug-likeness (QED) is 0.217. The maximum atomic E-state index is 13.5. The van der Waals surface area contributed by atoms with Crippen LogP contribution in [0.1, 0.15) is 82.8 Å². The van der Waals surface area contributed by atoms with Crippen LogP contribution in [0.3, 0.4) is 0 Å². The van der Waals surface area contributed by atoms with Gasteiger partial charge in [0.1, 0.15) is 5.54 Å². The van der Waals surface area contributed by atoms with Gasteiger partial charge >= 0.3 is 6.18 Å². The maximum Gasteiger partial charge on any atom is 0.417 e. The molecule has 0 N–H and O–H groups in total. The number of amides is 1. The number of carbonyl (C=O) groups excluding carboxylic acids is 1. The van der Waals surface area contributed by atoms with Crippen LogP contribution in [0.4, 0.5) is 18.9 Å². The summed E-state index contributed by atoms with van der Waals surface area (Å²) >= 11 is 5.56. The Kier molecular flexibility index (Phi) is 10.6. The molecule has 2 aliphatic rings. The number of hydrogen-bond acceptors (Lipinski definition) is 5. The molecule has 1 aromatic carbocycles. The summed E-state index contributed by atoms with van der Waals surface area (Å²) < 4.78 is 45.7. The van der Waals surface area contributed by atoms with Gasteiger partial charge in [0.25, 0.3) is 5.91 Å². The van der Waals surface area contributed by atoms with Crippen LogP contribution in [-0.4, -0.2) is 65.8 Å². The normalized spacial score (nSPS) is 20.0. The molecule has 1 amide bonds. The molecule has 0 saturated carbocycles. The van der Waals surface area contributed by atoms with Crippen molar-refractivity contribution in [2.75, 3.05) is 38.3 Å². The molecule has 0 aromatic heterocycles. The SMILES string of the molecule is COC[C@@H]1CCCN1CCCCCCCCCN1C(=S)N(c2ccc(C#N)c(C(F)(F)F)c2)C(=O)C1(C)C. The summed E-state index contributed by atoms with van der Waals surface area (Å²) in [5.41, 5.74) is -2.48. The molecule has 1 atom stereocenters. The van der Waals surface area contributed by atoms with Crippen LogP contribution in [0.25, 0.3) is 0 Å². The Hall–Kier alpha value is -2.22. The highest BCUT2D eigenvalue weighted by Crippen LogP contribution is 2.38. The zero-order chi connectivity index (χ0) is 27.9. The first-order chi connectivity index (χ1) is 18.0. The molecule has 2 heterocycles. The minimum Gasteiger partial charge on any atom is -0.383 e. The zero-order valence-corrected chi connectivity index (χ0v) is 23.5. The molecule has 1 aromatic rings. The van der Waals surface area contributed by atoms with E-state index in [4.69, 9.17) is 22.2 Å². The van der Waals surface area contributed by atoms with Crippen molar-refractivity contribution in [1.29, 1.82) is 5.26 Å². The minimum atomic E-state index is -4.71. The predicted molar refractivity (Wildman–Crippen MR) is 146 cm³/mol. The molecule has 0 aliphatic carbocycles. The first-order valence-electron chi connectivity index (χ1n) is 13.5. The second-order valence-corrected chi connectivity index (χ2v) is 11.1. The van der Waals surface area contributed by atoms with Gasteiger partial charge in [-0.15, -0.1) is 0 Å². The molecule has 2 aliphatic heterocycles. The Morgan fingerprint density at radius 3 is 2.34 bits per heavy atom. The number of carbonyl (C=O) groups is 1. The van der Waals surface area contributed by atoms with Crippen molar-refractivity contribution in [3.05, 3.63) is 29.3 Å². The fourth-order valence-electron chi connectivity index (χ4n) is 5.48. The second kappa shape index (κ2) is 13.2. The number of benzene rings is 1. The van der Waals surface area contributed by atoms with E-state index in [1.165, 1.54) is 49.6 Å². The number of likely N-dealkylation sites (tertiary alicyclic amines) is 1. The van der Waals surface area contributed by atoms with Crippen LogP contribution in [0.5, 0.6) is 0 Å². The van der Waals surface area contributed by atoms with E-state index in [0.717, 1.165) is 51.0 Å². The van der Waals surface area contributed by atoms with Gasteiger partial charge in [-0.05, 0) is 83.0 Å². The third kappa shape index (κ3) is 7.04. The van der Waals surface area contributed by atoms with Crippen molar-refractivity contribution >= 4 is 28.9 Å². The van der Waals surface area contributed by atoms with Crippen molar-refractivity contribution in [1.82, 2.24) is 9.80 Å². The van der Waals surface area contributed by atoms with Crippen molar-refractivity contribution < 1.29 is 22.7 Å². The number of alkyl halides is 3. The molecule has 38 heavy (non-hydrogen) atoms. The fourth-order valence-corrected chi connectivity index (χ4v) is 5.99. The van der Waals surface area contributed by atoms with Gasteiger partial charge in [0.2, 0.25) is 0 Å². The second-order valence-electron chi connectivity index (χ2n) is 10.7. The number of ether oxygens (including phenoxy) is 1. The van der Waals surface area contributed by atoms with Gasteiger partial charge < -0.3 is 9.64 Å². The topological polar surface area (TPSA) is 59.8 Å². The number of methoxy groups -OCH3 is 1. The molecule has 210 valence electrons. The van der Waals surface area contributed by atoms with E-state index in [1.54, 1.807) is 27.0 Å². The molecule has 2 fully saturated rings. The molecule has 2 saturated heterocycles. The molecule has 10 heteroatoms. The maximum absolute atomic E-state index is 13.5. The molecule has 0 spiro atoms. The van der Waals surface area contributed by atoms with Crippen LogP contribution in [0.15, 0.2) is 18.2 Å². The third-order valence-electron chi connectivity index (χ3n) is 7.70. The Labute approximate surface area is 229 Å². The number of halogens is 3. The fraction of sp³-hybridized carbons (Fsp3) is 0.679. The van der Waals surface area contributed by atoms with Gasteiger partial charge in [0, 0.05) is 19.7 Å². The minimum absolute atomic E-state index is 0.0318. The molecule has 3 rings (SSSR count). The number of hydrogen-bond donors (Lipinski definition) is 0. The average Bonchev–Trinajstić information content (AvgIpc) is 3.37. The van der Waals surface area contributed by atoms with Gasteiger partial charge in [-0.3, -0.25) is 14.6 Å². The predicted octanol–water partition coefficient (Wildman–Crippen LogP) is 6.13. The third-order valence-corrected chi connectivity index (χ3v) is 8.10. The first-order valence-corrected chi connectivity index (χ1v) is 13.9. The average molecular weight is 553 g/mol. The van der Waals surface area contributed by atoms with Crippen molar-refractivity contribution in [3.63, 3.8) is 0 Å². The van der Waals surface area contributed by atoms with Crippen LogP contribution < -0.4 is 4.90 Å². The van der Waals surface area contributed by atoms with Crippen LogP contribution in [0, 0.1) is 11.3 Å². The Morgan fingerprint density at radius 1 is 1.11 bits per heavy atom. The van der Waals surface area contributed by atoms with E-state index >= 15 is 0 Å². The van der Waals surface area contributed by atoms with E-state index in [-0.39, 0.29) is 16.7 Å². The van der Waals surface area contributed by atoms with E-state index < -0.39 is 22.8 Å². The van der Waals surface area contributed by atoms with Crippen molar-refractivity contribution in [2.24, 2.45) is 0 Å². The molecule has 0 bridgehead atoms. The highest BCUT2D eigenvalue weighted by Gasteiger charge is 2.49. The highest BCUT2D eigenvalue weighted by atomic mass is 32.1. The lowest BCUT2D eigenvalue weighted by Gasteiger charge is -2.29. The summed E-state index contributed by atoms with van der Waals surface area (Å²) in [7, 11) is 1.77. The lowest BCUT2D eigenvalue weighted by molar-refractivity contribution is -0.137. The summed E-state index contributed by atoms with van der Waals surface area (Å²) in [5, 5.41) is 9.27. The summed E-state index contributed by atoms with van der Waals surface area (Å²) in [6.07, 6.45) is 5.51. The summed E-state index contributed by atoms with van der Waals surface area (Å²) in [5.74, 6) is -0.369. The number of rotatable bonds is 13. The summed E-state index contributed by atoms with van der Waals surface area (Å²) in [4.78, 5) is 18.7. The van der Waals surface area contributed by atoms with Gasteiger partial charge in [-0.2, -0.15) is 18.4 Å². The molecule has 0 radical (unpaired) electrons. The van der Waals surface area contributed by atoms with Crippen LogP contribution in [0.2, 0.25) is 0 Å². The number of unbranched alkanes of at least 4 members (excludes halogenated alkanes) is 6. The molecule has 6 nitrogen and oxygen atoms in total. The van der Waals surface area contributed by atoms with Gasteiger partial charge in [-0.1, -0.05) is 32.1 Å². The van der Waals surface area contributed by atoms with Gasteiger partial charge in [0.15, 0.2) is 5.11 Å². The van der Waals surface area contributed by atoms with E-state index in [0.29, 0.717) is 12.6 Å². The highest BCUT2D eigenvalue weighted by molar-refractivity contribution is 7.80. The lowest BCUT2D eigenvalue weighted by Crippen LogP contribution is -2.44. The van der Waals surface area contributed by atoms with Crippen molar-refractivity contribution in [2.45, 2.75) is 89.4 Å². The smallest absolute Gasteiger partial charge is 0.383 e. The standard InChI is InChI=1S/C28H39F3N4O2S/c1-27(2)25(36)35(22-14-13-21(19-32)24(18-22)28(29,30)31)26(38)34(27)17-10-8-6-4-5-7-9-15-33-16-11-12-23(33)20-37-3/h13-14,18,23H,4-12,15-17,20H2,1-3H3/t23-/m0/s1. The van der Waals surface area contributed by atoms with E-state index in [2.05, 4.69) is 4.90 Å². The molecule has 0 unspecified atom stereocenters. The number of nitriles is 1. The van der Waals surface area contributed by atoms with Gasteiger partial charge in [-0.25, -0.2) is 0 Å². The van der Waals surface area contributed by atoms with E-state index in [9.17, 15) is 18.0 Å². The zero-order valence-electron chi connectivity index (χ0n) is 22.6. The molecular weight excluding hydrogens is 513 g/mol. The Morgan fingerprint density at radius 2 is 1.74 bits per heavy atom.